The fourth-order valence-electron chi connectivity index (χ4n) is 6.96. The van der Waals surface area contributed by atoms with Crippen molar-refractivity contribution in [2.75, 3.05) is 0 Å². The minimum absolute atomic E-state index is 0.221. The molecule has 0 radical (unpaired) electrons. The van der Waals surface area contributed by atoms with Crippen LogP contribution in [0.2, 0.25) is 5.04 Å². The predicted molar refractivity (Wildman–Crippen MR) is 162 cm³/mol. The van der Waals surface area contributed by atoms with Gasteiger partial charge in [0.05, 0.1) is 21.2 Å². The van der Waals surface area contributed by atoms with E-state index in [4.69, 9.17) is 4.43 Å². The second-order valence-corrected chi connectivity index (χ2v) is 17.5. The van der Waals surface area contributed by atoms with Crippen LogP contribution < -0.4 is 21.6 Å². The Labute approximate surface area is 238 Å². The lowest BCUT2D eigenvalue weighted by atomic mass is 9.39. The van der Waals surface area contributed by atoms with Gasteiger partial charge in [0.15, 0.2) is 0 Å². The molecule has 3 fully saturated rings. The number of nitrogens with zero attached hydrogens (tertiary/aromatic N) is 1. The number of carbonyl (C=O) groups excluding carboxylic acids is 1. The molecule has 0 spiro atoms. The van der Waals surface area contributed by atoms with Crippen LogP contribution in [0.25, 0.3) is 10.2 Å². The molecule has 204 valence electrons. The number of fused-ring (bicyclic) bond motifs is 1. The lowest BCUT2D eigenvalue weighted by molar-refractivity contribution is -0.213. The summed E-state index contributed by atoms with van der Waals surface area (Å²) in [6, 6.07) is 20.2. The van der Waals surface area contributed by atoms with E-state index >= 15 is 0 Å². The molecule has 2 bridgehead atoms. The molecule has 7 rings (SSSR count). The minimum Gasteiger partial charge on any atom is -0.509 e. The summed E-state index contributed by atoms with van der Waals surface area (Å²) in [6.07, 6.45) is 1.28. The van der Waals surface area contributed by atoms with Gasteiger partial charge in [-0.2, -0.15) is 0 Å². The summed E-state index contributed by atoms with van der Waals surface area (Å²) in [4.78, 5) is 45.2. The van der Waals surface area contributed by atoms with Crippen LogP contribution >= 0.6 is 11.3 Å². The third-order valence-electron chi connectivity index (χ3n) is 8.80. The molecule has 4 aromatic rings. The average Bonchev–Trinajstić information content (AvgIpc) is 3.18. The van der Waals surface area contributed by atoms with Crippen LogP contribution in [0.4, 0.5) is 0 Å². The average molecular weight is 569 g/mol. The van der Waals surface area contributed by atoms with Crippen LogP contribution in [-0.4, -0.2) is 23.8 Å². The van der Waals surface area contributed by atoms with E-state index in [1.165, 1.54) is 15.9 Å². The van der Waals surface area contributed by atoms with Gasteiger partial charge in [-0.25, -0.2) is 4.79 Å². The Bertz CT molecular complexity index is 1780. The largest absolute Gasteiger partial charge is 0.509 e. The number of hydrogen-bond acceptors (Lipinski definition) is 5. The van der Waals surface area contributed by atoms with Gasteiger partial charge in [0.2, 0.25) is 0 Å². The smallest absolute Gasteiger partial charge is 0.329 e. The highest BCUT2D eigenvalue weighted by molar-refractivity contribution is 7.19. The highest BCUT2D eigenvalue weighted by Gasteiger charge is 2.75. The summed E-state index contributed by atoms with van der Waals surface area (Å²) in [5.74, 6) is 5.69. The summed E-state index contributed by atoms with van der Waals surface area (Å²) < 4.78 is 8.15. The zero-order valence-corrected chi connectivity index (χ0v) is 25.2. The molecule has 0 atom stereocenters. The summed E-state index contributed by atoms with van der Waals surface area (Å²) >= 11 is 1.33. The van der Waals surface area contributed by atoms with Crippen LogP contribution in [0.5, 0.6) is 0 Å². The maximum atomic E-state index is 14.1. The monoisotopic (exact) mass is 568 g/mol. The van der Waals surface area contributed by atoms with Crippen LogP contribution in [0.15, 0.2) is 70.3 Å². The number of carbonyl (C=O) groups is 1. The molecule has 6 nitrogen and oxygen atoms in total. The van der Waals surface area contributed by atoms with E-state index in [0.717, 1.165) is 20.8 Å². The molecule has 8 heteroatoms. The van der Waals surface area contributed by atoms with Crippen LogP contribution in [0, 0.1) is 24.2 Å². The number of H-pyrrole nitrogens is 1. The molecular weight excluding hydrogens is 537 g/mol. The standard InChI is InChI=1S/C32H32N2O4SSi/c1-6-13-24-21(2)25-26(39-24)33-29(37)34(27(25)35)32-18-31(19-32,20-32)28(36)38-40(30(3,4)5,22-14-9-7-10-15-22)23-16-11-8-12-17-23/h7-12,14-17H,18-20H2,1-5H3,(H,33,37). The Morgan fingerprint density at radius 2 is 1.55 bits per heavy atom. The van der Waals surface area contributed by atoms with E-state index in [1.54, 1.807) is 6.92 Å². The zero-order chi connectivity index (χ0) is 28.5. The van der Waals surface area contributed by atoms with Gasteiger partial charge in [-0.1, -0.05) is 87.4 Å². The Kier molecular flexibility index (Phi) is 5.92. The topological polar surface area (TPSA) is 81.2 Å². The van der Waals surface area contributed by atoms with Gasteiger partial charge in [0, 0.05) is 0 Å². The molecule has 0 saturated heterocycles. The fraction of sp³-hybridized carbons (Fsp3) is 0.344. The third kappa shape index (κ3) is 3.57. The number of rotatable bonds is 5. The summed E-state index contributed by atoms with van der Waals surface area (Å²) in [5, 5.41) is 2.26. The molecule has 40 heavy (non-hydrogen) atoms. The zero-order valence-electron chi connectivity index (χ0n) is 23.4. The Morgan fingerprint density at radius 3 is 2.05 bits per heavy atom. The van der Waals surface area contributed by atoms with Gasteiger partial charge >= 0.3 is 14.0 Å². The van der Waals surface area contributed by atoms with Crippen LogP contribution in [0.1, 0.15) is 57.4 Å². The predicted octanol–water partition coefficient (Wildman–Crippen LogP) is 4.41. The quantitative estimate of drug-likeness (QED) is 0.286. The Hall–Kier alpha value is -3.67. The van der Waals surface area contributed by atoms with Gasteiger partial charge in [-0.15, -0.1) is 17.3 Å². The van der Waals surface area contributed by atoms with E-state index < -0.39 is 25.0 Å². The number of hydrogen-bond donors (Lipinski definition) is 1. The van der Waals surface area contributed by atoms with E-state index in [-0.39, 0.29) is 16.6 Å². The maximum absolute atomic E-state index is 14.1. The van der Waals surface area contributed by atoms with Gasteiger partial charge < -0.3 is 4.43 Å². The number of aromatic amines is 1. The van der Waals surface area contributed by atoms with Crippen molar-refractivity contribution in [3.8, 4) is 11.8 Å². The lowest BCUT2D eigenvalue weighted by Crippen LogP contribution is -2.76. The molecule has 2 aromatic heterocycles. The maximum Gasteiger partial charge on any atom is 0.329 e. The number of thiophene rings is 1. The summed E-state index contributed by atoms with van der Waals surface area (Å²) in [7, 11) is -3.05. The highest BCUT2D eigenvalue weighted by atomic mass is 32.1. The van der Waals surface area contributed by atoms with Gasteiger partial charge in [0.25, 0.3) is 11.5 Å². The number of aromatic nitrogens is 2. The van der Waals surface area contributed by atoms with Crippen molar-refractivity contribution in [3.05, 3.63) is 91.9 Å². The fourth-order valence-corrected chi connectivity index (χ4v) is 12.5. The first-order chi connectivity index (χ1) is 19.0. The van der Waals surface area contributed by atoms with E-state index in [2.05, 4.69) is 61.9 Å². The van der Waals surface area contributed by atoms with Gasteiger partial charge in [-0.05, 0) is 54.1 Å². The van der Waals surface area contributed by atoms with Crippen molar-refractivity contribution in [2.45, 2.75) is 64.5 Å². The molecule has 1 N–H and O–H groups in total. The number of benzene rings is 2. The van der Waals surface area contributed by atoms with Crippen molar-refractivity contribution in [1.82, 2.24) is 9.55 Å². The highest BCUT2D eigenvalue weighted by Crippen LogP contribution is 2.71. The molecule has 2 aromatic carbocycles. The second-order valence-electron chi connectivity index (χ2n) is 12.3. The molecule has 0 unspecified atom stereocenters. The second kappa shape index (κ2) is 8.92. The van der Waals surface area contributed by atoms with Crippen molar-refractivity contribution >= 4 is 46.2 Å². The van der Waals surface area contributed by atoms with E-state index in [0.29, 0.717) is 29.5 Å². The molecule has 0 aliphatic heterocycles. The molecule has 3 aliphatic carbocycles. The Balaban J connectivity index is 1.36. The molecule has 3 aliphatic rings. The van der Waals surface area contributed by atoms with Crippen LogP contribution in [0.3, 0.4) is 0 Å². The summed E-state index contributed by atoms with van der Waals surface area (Å²) in [5.41, 5.74) is -1.28. The lowest BCUT2D eigenvalue weighted by Gasteiger charge is -2.68. The number of nitrogens with one attached hydrogen (secondary N) is 1. The van der Waals surface area contributed by atoms with Crippen LogP contribution in [-0.2, 0) is 14.8 Å². The van der Waals surface area contributed by atoms with E-state index in [1.807, 2.05) is 43.3 Å². The Morgan fingerprint density at radius 1 is 1.00 bits per heavy atom. The van der Waals surface area contributed by atoms with Crippen molar-refractivity contribution in [3.63, 3.8) is 0 Å². The first kappa shape index (κ1) is 26.5. The normalized spacial score (nSPS) is 21.6. The van der Waals surface area contributed by atoms with E-state index in [9.17, 15) is 14.4 Å². The SMILES string of the molecule is CC#Cc1sc2[nH]c(=O)n(C34CC(C(=O)O[Si](c5ccccc5)(c5ccccc5)C(C)(C)C)(C3)C4)c(=O)c2c1C. The first-order valence-electron chi connectivity index (χ1n) is 13.5. The van der Waals surface area contributed by atoms with Crippen molar-refractivity contribution in [2.24, 2.45) is 5.41 Å². The molecular formula is C32H32N2O4SSi. The van der Waals surface area contributed by atoms with Gasteiger partial charge in [-0.3, -0.25) is 19.1 Å². The molecule has 0 amide bonds. The molecule has 3 saturated carbocycles. The molecule has 2 heterocycles. The third-order valence-corrected chi connectivity index (χ3v) is 14.8. The summed E-state index contributed by atoms with van der Waals surface area (Å²) in [6.45, 7) is 10.0. The minimum atomic E-state index is -3.05. The van der Waals surface area contributed by atoms with Gasteiger partial charge in [0.1, 0.15) is 4.83 Å². The van der Waals surface area contributed by atoms with Crippen molar-refractivity contribution < 1.29 is 9.22 Å². The van der Waals surface area contributed by atoms with Crippen molar-refractivity contribution in [1.29, 1.82) is 0 Å². The number of aryl methyl sites for hydroxylation is 1. The first-order valence-corrected chi connectivity index (χ1v) is 16.3.